The van der Waals surface area contributed by atoms with Crippen LogP contribution < -0.4 is 5.32 Å². The normalized spacial score (nSPS) is 17.0. The molecule has 1 saturated heterocycles. The largest absolute Gasteiger partial charge is 0.322 e. The molecule has 1 heterocycles. The fourth-order valence-electron chi connectivity index (χ4n) is 3.50. The van der Waals surface area contributed by atoms with Crippen LogP contribution in [0.3, 0.4) is 0 Å². The van der Waals surface area contributed by atoms with Crippen molar-refractivity contribution >= 4 is 34.8 Å². The molecule has 1 amide bonds. The molecule has 5 heteroatoms. The first kappa shape index (κ1) is 19.2. The molecule has 0 bridgehead atoms. The quantitative estimate of drug-likeness (QED) is 0.753. The molecule has 138 valence electrons. The van der Waals surface area contributed by atoms with Crippen molar-refractivity contribution in [2.24, 2.45) is 5.92 Å². The molecule has 1 N–H and O–H groups in total. The lowest BCUT2D eigenvalue weighted by molar-refractivity contribution is -0.121. The Balaban J connectivity index is 1.53. The minimum atomic E-state index is -0.208. The van der Waals surface area contributed by atoms with Gasteiger partial charge in [-0.2, -0.15) is 0 Å². The maximum absolute atomic E-state index is 12.6. The van der Waals surface area contributed by atoms with E-state index in [-0.39, 0.29) is 11.9 Å². The second kappa shape index (κ2) is 8.90. The van der Waals surface area contributed by atoms with Gasteiger partial charge in [-0.15, -0.1) is 0 Å². The van der Waals surface area contributed by atoms with Gasteiger partial charge in [-0.25, -0.2) is 0 Å². The summed E-state index contributed by atoms with van der Waals surface area (Å²) < 4.78 is 0. The topological polar surface area (TPSA) is 32.3 Å². The number of nitrogens with one attached hydrogen (secondary N) is 1. The molecule has 1 atom stereocenters. The third-order valence-electron chi connectivity index (χ3n) is 5.15. The average Bonchev–Trinajstić information content (AvgIpc) is 2.65. The molecule has 2 aromatic carbocycles. The Bertz CT molecular complexity index is 723. The van der Waals surface area contributed by atoms with E-state index in [1.807, 2.05) is 6.92 Å². The molecule has 0 aromatic heterocycles. The van der Waals surface area contributed by atoms with Crippen LogP contribution >= 0.6 is 23.2 Å². The summed E-state index contributed by atoms with van der Waals surface area (Å²) in [6.45, 7) is 3.81. The van der Waals surface area contributed by atoms with Gasteiger partial charge in [-0.3, -0.25) is 9.69 Å². The number of hydrogen-bond donors (Lipinski definition) is 1. The first-order valence-corrected chi connectivity index (χ1v) is 9.83. The Hall–Kier alpha value is -1.55. The van der Waals surface area contributed by atoms with Gasteiger partial charge in [-0.05, 0) is 62.9 Å². The number of rotatable bonds is 5. The molecule has 26 heavy (non-hydrogen) atoms. The van der Waals surface area contributed by atoms with E-state index in [0.717, 1.165) is 32.4 Å². The van der Waals surface area contributed by atoms with Gasteiger partial charge in [0.25, 0.3) is 0 Å². The lowest BCUT2D eigenvalue weighted by Crippen LogP contribution is -2.46. The van der Waals surface area contributed by atoms with Gasteiger partial charge in [0.15, 0.2) is 0 Å². The number of amides is 1. The van der Waals surface area contributed by atoms with Crippen LogP contribution in [0.2, 0.25) is 10.0 Å². The number of para-hydroxylation sites is 1. The predicted octanol–water partition coefficient (Wildman–Crippen LogP) is 5.28. The number of carbonyl (C=O) groups excluding carboxylic acids is 1. The maximum Gasteiger partial charge on any atom is 0.241 e. The fourth-order valence-corrected chi connectivity index (χ4v) is 3.99. The highest BCUT2D eigenvalue weighted by Gasteiger charge is 2.27. The molecule has 2 aromatic rings. The highest BCUT2D eigenvalue weighted by Crippen LogP contribution is 2.30. The monoisotopic (exact) mass is 390 g/mol. The minimum absolute atomic E-state index is 0.0680. The van der Waals surface area contributed by atoms with Gasteiger partial charge in [-0.1, -0.05) is 59.6 Å². The zero-order valence-corrected chi connectivity index (χ0v) is 16.4. The van der Waals surface area contributed by atoms with Crippen molar-refractivity contribution in [1.29, 1.82) is 0 Å². The van der Waals surface area contributed by atoms with E-state index >= 15 is 0 Å². The van der Waals surface area contributed by atoms with Crippen LogP contribution in [0.5, 0.6) is 0 Å². The molecule has 3 rings (SSSR count). The molecular formula is C21H24Cl2N2O. The summed E-state index contributed by atoms with van der Waals surface area (Å²) in [7, 11) is 0. The lowest BCUT2D eigenvalue weighted by atomic mass is 9.89. The molecule has 1 aliphatic heterocycles. The van der Waals surface area contributed by atoms with E-state index in [9.17, 15) is 4.79 Å². The zero-order valence-electron chi connectivity index (χ0n) is 14.9. The number of carbonyl (C=O) groups is 1. The van der Waals surface area contributed by atoms with E-state index in [2.05, 4.69) is 40.5 Å². The van der Waals surface area contributed by atoms with Crippen molar-refractivity contribution in [2.75, 3.05) is 18.4 Å². The van der Waals surface area contributed by atoms with Gasteiger partial charge in [0.05, 0.1) is 21.8 Å². The van der Waals surface area contributed by atoms with E-state index in [1.54, 1.807) is 18.2 Å². The summed E-state index contributed by atoms with van der Waals surface area (Å²) in [4.78, 5) is 14.9. The number of anilines is 1. The Labute approximate surface area is 165 Å². The molecule has 0 aliphatic carbocycles. The van der Waals surface area contributed by atoms with Gasteiger partial charge >= 0.3 is 0 Å². The van der Waals surface area contributed by atoms with Gasteiger partial charge in [0.2, 0.25) is 5.91 Å². The van der Waals surface area contributed by atoms with E-state index in [4.69, 9.17) is 23.2 Å². The van der Waals surface area contributed by atoms with Crippen LogP contribution in [0.25, 0.3) is 0 Å². The number of likely N-dealkylation sites (tertiary alicyclic amines) is 1. The number of piperidine rings is 1. The zero-order chi connectivity index (χ0) is 18.5. The predicted molar refractivity (Wildman–Crippen MR) is 109 cm³/mol. The lowest BCUT2D eigenvalue weighted by Gasteiger charge is -2.35. The van der Waals surface area contributed by atoms with Crippen LogP contribution in [0.1, 0.15) is 25.3 Å². The smallest absolute Gasteiger partial charge is 0.241 e. The van der Waals surface area contributed by atoms with Gasteiger partial charge < -0.3 is 5.32 Å². The Morgan fingerprint density at radius 2 is 1.69 bits per heavy atom. The Kier molecular flexibility index (Phi) is 6.58. The third kappa shape index (κ3) is 4.79. The molecule has 0 spiro atoms. The van der Waals surface area contributed by atoms with E-state index in [0.29, 0.717) is 21.7 Å². The highest BCUT2D eigenvalue weighted by atomic mass is 35.5. The van der Waals surface area contributed by atoms with Crippen LogP contribution in [0, 0.1) is 5.92 Å². The molecule has 0 saturated carbocycles. The van der Waals surface area contributed by atoms with Gasteiger partial charge in [0.1, 0.15) is 0 Å². The third-order valence-corrected chi connectivity index (χ3v) is 5.78. The molecular weight excluding hydrogens is 367 g/mol. The summed E-state index contributed by atoms with van der Waals surface area (Å²) in [5.41, 5.74) is 1.89. The second-order valence-corrected chi connectivity index (χ2v) is 7.75. The molecule has 0 unspecified atom stereocenters. The van der Waals surface area contributed by atoms with Crippen LogP contribution in [0.15, 0.2) is 48.5 Å². The fraction of sp³-hybridized carbons (Fsp3) is 0.381. The summed E-state index contributed by atoms with van der Waals surface area (Å²) in [5, 5.41) is 3.80. The van der Waals surface area contributed by atoms with Crippen molar-refractivity contribution in [1.82, 2.24) is 4.90 Å². The number of benzene rings is 2. The standard InChI is InChI=1S/C21H24Cl2N2O/c1-15(21(26)24-20-18(22)8-5-9-19(20)23)25-12-10-17(11-13-25)14-16-6-3-2-4-7-16/h2-9,15,17H,10-14H2,1H3,(H,24,26)/t15-/m1/s1. The molecule has 0 radical (unpaired) electrons. The summed E-state index contributed by atoms with van der Waals surface area (Å²) >= 11 is 12.3. The van der Waals surface area contributed by atoms with E-state index < -0.39 is 0 Å². The number of nitrogens with zero attached hydrogens (tertiary/aromatic N) is 1. The van der Waals surface area contributed by atoms with Gasteiger partial charge in [0, 0.05) is 0 Å². The molecule has 1 aliphatic rings. The Morgan fingerprint density at radius 1 is 1.08 bits per heavy atom. The summed E-state index contributed by atoms with van der Waals surface area (Å²) in [5.74, 6) is 0.614. The second-order valence-electron chi connectivity index (χ2n) is 6.93. The summed E-state index contributed by atoms with van der Waals surface area (Å²) in [6, 6.07) is 15.6. The first-order chi connectivity index (χ1) is 12.5. The van der Waals surface area contributed by atoms with Crippen molar-refractivity contribution in [2.45, 2.75) is 32.2 Å². The average molecular weight is 391 g/mol. The first-order valence-electron chi connectivity index (χ1n) is 9.07. The van der Waals surface area contributed by atoms with Crippen LogP contribution in [-0.2, 0) is 11.2 Å². The Morgan fingerprint density at radius 3 is 2.31 bits per heavy atom. The maximum atomic E-state index is 12.6. The van der Waals surface area contributed by atoms with Crippen molar-refractivity contribution < 1.29 is 4.79 Å². The SMILES string of the molecule is C[C@H](C(=O)Nc1c(Cl)cccc1Cl)N1CCC(Cc2ccccc2)CC1. The highest BCUT2D eigenvalue weighted by molar-refractivity contribution is 6.39. The molecule has 3 nitrogen and oxygen atoms in total. The van der Waals surface area contributed by atoms with Crippen LogP contribution in [0.4, 0.5) is 5.69 Å². The summed E-state index contributed by atoms with van der Waals surface area (Å²) in [6.07, 6.45) is 3.34. The van der Waals surface area contributed by atoms with Crippen molar-refractivity contribution in [3.63, 3.8) is 0 Å². The number of hydrogen-bond acceptors (Lipinski definition) is 2. The van der Waals surface area contributed by atoms with Crippen molar-refractivity contribution in [3.05, 3.63) is 64.1 Å². The molecule has 1 fully saturated rings. The van der Waals surface area contributed by atoms with E-state index in [1.165, 1.54) is 5.56 Å². The minimum Gasteiger partial charge on any atom is -0.322 e. The number of halogens is 2. The van der Waals surface area contributed by atoms with Crippen molar-refractivity contribution in [3.8, 4) is 0 Å². The van der Waals surface area contributed by atoms with Crippen LogP contribution in [-0.4, -0.2) is 29.9 Å².